The van der Waals surface area contributed by atoms with Gasteiger partial charge < -0.3 is 15.8 Å². The fourth-order valence-electron chi connectivity index (χ4n) is 1.45. The van der Waals surface area contributed by atoms with Gasteiger partial charge in [-0.2, -0.15) is 5.26 Å². The number of primary amides is 1. The number of carbonyl (C=O) groups is 3. The highest BCUT2D eigenvalue weighted by atomic mass is 16.5. The van der Waals surface area contributed by atoms with Crippen LogP contribution in [0.4, 0.5) is 0 Å². The molecule has 0 aromatic carbocycles. The van der Waals surface area contributed by atoms with Crippen LogP contribution in [0.1, 0.15) is 33.1 Å². The topological polar surface area (TPSA) is 122 Å². The third-order valence-electron chi connectivity index (χ3n) is 2.47. The molecule has 0 saturated carbocycles. The molecule has 19 heavy (non-hydrogen) atoms. The number of esters is 1. The Bertz CT molecular complexity index is 376. The minimum absolute atomic E-state index is 0.0578. The summed E-state index contributed by atoms with van der Waals surface area (Å²) in [7, 11) is 0. The molecule has 0 aliphatic rings. The quantitative estimate of drug-likeness (QED) is 0.593. The van der Waals surface area contributed by atoms with Crippen LogP contribution in [0.2, 0.25) is 0 Å². The van der Waals surface area contributed by atoms with Crippen LogP contribution in [0.5, 0.6) is 0 Å². The number of carbonyl (C=O) groups excluding carboxylic acids is 3. The van der Waals surface area contributed by atoms with Crippen LogP contribution in [-0.4, -0.2) is 30.4 Å². The van der Waals surface area contributed by atoms with Gasteiger partial charge in [0, 0.05) is 12.8 Å². The summed E-state index contributed by atoms with van der Waals surface area (Å²) >= 11 is 0. The third-order valence-corrected chi connectivity index (χ3v) is 2.47. The average molecular weight is 269 g/mol. The first-order valence-electron chi connectivity index (χ1n) is 6.03. The fourth-order valence-corrected chi connectivity index (χ4v) is 1.45. The van der Waals surface area contributed by atoms with Crippen LogP contribution >= 0.6 is 0 Å². The Morgan fingerprint density at radius 2 is 2.00 bits per heavy atom. The van der Waals surface area contributed by atoms with Gasteiger partial charge in [-0.1, -0.05) is 6.92 Å². The first-order chi connectivity index (χ1) is 8.92. The molecule has 7 heteroatoms. The summed E-state index contributed by atoms with van der Waals surface area (Å²) in [4.78, 5) is 33.8. The Labute approximate surface area is 112 Å². The predicted octanol–water partition coefficient (Wildman–Crippen LogP) is -0.150. The summed E-state index contributed by atoms with van der Waals surface area (Å²) < 4.78 is 4.68. The molecule has 0 aromatic heterocycles. The maximum Gasteiger partial charge on any atom is 0.306 e. The number of nitrogens with zero attached hydrogens (tertiary/aromatic N) is 1. The lowest BCUT2D eigenvalue weighted by Gasteiger charge is -2.20. The molecule has 2 amide bonds. The molecule has 106 valence electrons. The van der Waals surface area contributed by atoms with Crippen LogP contribution in [0.3, 0.4) is 0 Å². The Morgan fingerprint density at radius 1 is 1.37 bits per heavy atom. The molecule has 0 aromatic rings. The molecule has 0 aliphatic heterocycles. The van der Waals surface area contributed by atoms with E-state index in [1.54, 1.807) is 13.8 Å². The third kappa shape index (κ3) is 7.03. The average Bonchev–Trinajstić information content (AvgIpc) is 2.33. The number of ether oxygens (including phenoxy) is 1. The first kappa shape index (κ1) is 16.9. The molecule has 7 nitrogen and oxygen atoms in total. The van der Waals surface area contributed by atoms with Crippen molar-refractivity contribution in [2.75, 3.05) is 6.61 Å². The maximum absolute atomic E-state index is 11.6. The summed E-state index contributed by atoms with van der Waals surface area (Å²) in [6, 6.07) is 1.00. The van der Waals surface area contributed by atoms with Gasteiger partial charge >= 0.3 is 5.97 Å². The molecule has 0 aliphatic carbocycles. The molecule has 0 saturated heterocycles. The van der Waals surface area contributed by atoms with Gasteiger partial charge in [-0.05, 0) is 12.8 Å². The number of hydrogen-bond donors (Lipinski definition) is 2. The normalized spacial score (nSPS) is 12.9. The van der Waals surface area contributed by atoms with E-state index in [1.807, 2.05) is 6.07 Å². The second kappa shape index (κ2) is 8.91. The van der Waals surface area contributed by atoms with Gasteiger partial charge in [0.2, 0.25) is 11.8 Å². The molecule has 0 heterocycles. The van der Waals surface area contributed by atoms with Crippen molar-refractivity contribution < 1.29 is 19.1 Å². The summed E-state index contributed by atoms with van der Waals surface area (Å²) in [6.45, 7) is 3.57. The van der Waals surface area contributed by atoms with Crippen molar-refractivity contribution in [3.8, 4) is 6.07 Å². The molecule has 0 fully saturated rings. The number of nitrogens with one attached hydrogen (secondary N) is 1. The summed E-state index contributed by atoms with van der Waals surface area (Å²) in [5, 5.41) is 11.0. The molecular weight excluding hydrogens is 250 g/mol. The number of rotatable bonds is 8. The van der Waals surface area contributed by atoms with E-state index in [2.05, 4.69) is 10.1 Å². The highest BCUT2D eigenvalue weighted by Gasteiger charge is 2.24. The van der Waals surface area contributed by atoms with Crippen LogP contribution < -0.4 is 11.1 Å². The molecule has 0 unspecified atom stereocenters. The minimum atomic E-state index is -0.908. The van der Waals surface area contributed by atoms with E-state index in [9.17, 15) is 14.4 Å². The molecule has 3 N–H and O–H groups in total. The van der Waals surface area contributed by atoms with E-state index in [4.69, 9.17) is 11.0 Å². The van der Waals surface area contributed by atoms with Gasteiger partial charge in [-0.3, -0.25) is 14.4 Å². The standard InChI is InChI=1S/C12H19N3O4/c1-3-19-10(17)5-4-9(16)15-11(12(14)18)8(2)6-7-13/h8,11H,3-6H2,1-2H3,(H2,14,18)(H,15,16)/t8-,11+/m0/s1. The van der Waals surface area contributed by atoms with Crippen LogP contribution in [0.15, 0.2) is 0 Å². The molecule has 0 spiro atoms. The van der Waals surface area contributed by atoms with E-state index >= 15 is 0 Å². The summed E-state index contributed by atoms with van der Waals surface area (Å²) in [6.07, 6.45) is -0.0363. The number of amides is 2. The largest absolute Gasteiger partial charge is 0.466 e. The second-order valence-electron chi connectivity index (χ2n) is 4.09. The second-order valence-corrected chi connectivity index (χ2v) is 4.09. The van der Waals surface area contributed by atoms with Crippen molar-refractivity contribution in [1.29, 1.82) is 5.26 Å². The van der Waals surface area contributed by atoms with Crippen LogP contribution in [0.25, 0.3) is 0 Å². The van der Waals surface area contributed by atoms with Gasteiger partial charge in [0.1, 0.15) is 6.04 Å². The van der Waals surface area contributed by atoms with Crippen molar-refractivity contribution >= 4 is 17.8 Å². The number of nitriles is 1. The van der Waals surface area contributed by atoms with E-state index in [-0.39, 0.29) is 31.8 Å². The van der Waals surface area contributed by atoms with E-state index < -0.39 is 23.8 Å². The minimum Gasteiger partial charge on any atom is -0.466 e. The highest BCUT2D eigenvalue weighted by molar-refractivity contribution is 5.88. The first-order valence-corrected chi connectivity index (χ1v) is 6.03. The Hall–Kier alpha value is -2.10. The maximum atomic E-state index is 11.6. The van der Waals surface area contributed by atoms with E-state index in [0.717, 1.165) is 0 Å². The predicted molar refractivity (Wildman–Crippen MR) is 66.4 cm³/mol. The Balaban J connectivity index is 4.29. The zero-order valence-electron chi connectivity index (χ0n) is 11.1. The summed E-state index contributed by atoms with van der Waals surface area (Å²) in [5.41, 5.74) is 5.17. The SMILES string of the molecule is CCOC(=O)CCC(=O)N[C@@H](C(N)=O)[C@@H](C)CC#N. The molecule has 0 radical (unpaired) electrons. The van der Waals surface area contributed by atoms with Gasteiger partial charge in [0.05, 0.1) is 19.1 Å². The number of hydrogen-bond acceptors (Lipinski definition) is 5. The van der Waals surface area contributed by atoms with E-state index in [0.29, 0.717) is 0 Å². The van der Waals surface area contributed by atoms with Gasteiger partial charge in [0.25, 0.3) is 0 Å². The smallest absolute Gasteiger partial charge is 0.306 e. The highest BCUT2D eigenvalue weighted by Crippen LogP contribution is 2.07. The van der Waals surface area contributed by atoms with Gasteiger partial charge in [-0.15, -0.1) is 0 Å². The zero-order valence-corrected chi connectivity index (χ0v) is 11.1. The van der Waals surface area contributed by atoms with Crippen LogP contribution in [0, 0.1) is 17.2 Å². The lowest BCUT2D eigenvalue weighted by atomic mass is 9.98. The van der Waals surface area contributed by atoms with Crippen LogP contribution in [-0.2, 0) is 19.1 Å². The van der Waals surface area contributed by atoms with Crippen molar-refractivity contribution in [1.82, 2.24) is 5.32 Å². The van der Waals surface area contributed by atoms with Crippen molar-refractivity contribution in [2.24, 2.45) is 11.7 Å². The molecule has 0 bridgehead atoms. The monoisotopic (exact) mass is 269 g/mol. The summed E-state index contributed by atoms with van der Waals surface area (Å²) in [5.74, 6) is -2.03. The van der Waals surface area contributed by atoms with Crippen molar-refractivity contribution in [3.63, 3.8) is 0 Å². The lowest BCUT2D eigenvalue weighted by molar-refractivity contribution is -0.144. The van der Waals surface area contributed by atoms with Gasteiger partial charge in [-0.25, -0.2) is 0 Å². The molecule has 2 atom stereocenters. The van der Waals surface area contributed by atoms with Crippen molar-refractivity contribution in [3.05, 3.63) is 0 Å². The van der Waals surface area contributed by atoms with Gasteiger partial charge in [0.15, 0.2) is 0 Å². The fraction of sp³-hybridized carbons (Fsp3) is 0.667. The Morgan fingerprint density at radius 3 is 2.47 bits per heavy atom. The molecular formula is C12H19N3O4. The zero-order chi connectivity index (χ0) is 14.8. The lowest BCUT2D eigenvalue weighted by Crippen LogP contribution is -2.48. The van der Waals surface area contributed by atoms with Crippen molar-refractivity contribution in [2.45, 2.75) is 39.2 Å². The molecule has 0 rings (SSSR count). The Kier molecular flexibility index (Phi) is 7.93. The number of nitrogens with two attached hydrogens (primary N) is 1. The van der Waals surface area contributed by atoms with E-state index in [1.165, 1.54) is 0 Å².